The SMILES string of the molecule is CNC1CCCN(Cc2cn(C)nc2-c2ccc([N+](=O)[O-])cc2)C1. The highest BCUT2D eigenvalue weighted by atomic mass is 16.6. The molecule has 1 atom stereocenters. The van der Waals surface area contributed by atoms with Gasteiger partial charge in [-0.2, -0.15) is 5.10 Å². The molecule has 0 bridgehead atoms. The molecular weight excluding hydrogens is 306 g/mol. The largest absolute Gasteiger partial charge is 0.316 e. The number of aromatic nitrogens is 2. The van der Waals surface area contributed by atoms with Crippen LogP contribution in [-0.4, -0.2) is 45.8 Å². The van der Waals surface area contributed by atoms with E-state index in [0.717, 1.165) is 36.5 Å². The van der Waals surface area contributed by atoms with Crippen LogP contribution in [0, 0.1) is 10.1 Å². The maximum Gasteiger partial charge on any atom is 0.269 e. The molecule has 7 nitrogen and oxygen atoms in total. The lowest BCUT2D eigenvalue weighted by Gasteiger charge is -2.32. The number of likely N-dealkylation sites (tertiary alicyclic amines) is 1. The Morgan fingerprint density at radius 3 is 2.79 bits per heavy atom. The first-order valence-electron chi connectivity index (χ1n) is 8.24. The first-order valence-corrected chi connectivity index (χ1v) is 8.24. The van der Waals surface area contributed by atoms with Gasteiger partial charge in [0.1, 0.15) is 0 Å². The molecule has 0 saturated carbocycles. The summed E-state index contributed by atoms with van der Waals surface area (Å²) in [6.07, 6.45) is 4.45. The molecule has 0 spiro atoms. The Morgan fingerprint density at radius 2 is 2.12 bits per heavy atom. The van der Waals surface area contributed by atoms with Crippen molar-refractivity contribution in [1.29, 1.82) is 0 Å². The van der Waals surface area contributed by atoms with E-state index in [1.54, 1.807) is 12.1 Å². The van der Waals surface area contributed by atoms with Crippen LogP contribution in [0.25, 0.3) is 11.3 Å². The maximum absolute atomic E-state index is 10.8. The predicted molar refractivity (Wildman–Crippen MR) is 92.7 cm³/mol. The molecule has 7 heteroatoms. The smallest absolute Gasteiger partial charge is 0.269 e. The number of nitrogens with zero attached hydrogens (tertiary/aromatic N) is 4. The fraction of sp³-hybridized carbons (Fsp3) is 0.471. The standard InChI is InChI=1S/C17H23N5O2/c1-18-15-4-3-9-21(12-15)11-14-10-20(2)19-17(14)13-5-7-16(8-6-13)22(23)24/h5-8,10,15,18H,3-4,9,11-12H2,1-2H3. The topological polar surface area (TPSA) is 76.2 Å². The van der Waals surface area contributed by atoms with Crippen LogP contribution in [0.2, 0.25) is 0 Å². The number of nitrogens with one attached hydrogen (secondary N) is 1. The molecule has 2 heterocycles. The van der Waals surface area contributed by atoms with Crippen LogP contribution in [0.3, 0.4) is 0 Å². The lowest BCUT2D eigenvalue weighted by molar-refractivity contribution is -0.384. The van der Waals surface area contributed by atoms with Crippen molar-refractivity contribution in [2.24, 2.45) is 7.05 Å². The average molecular weight is 329 g/mol. The van der Waals surface area contributed by atoms with E-state index in [1.165, 1.54) is 25.0 Å². The molecule has 1 unspecified atom stereocenters. The number of hydrogen-bond donors (Lipinski definition) is 1. The number of hydrogen-bond acceptors (Lipinski definition) is 5. The fourth-order valence-corrected chi connectivity index (χ4v) is 3.31. The number of aryl methyl sites for hydroxylation is 1. The molecule has 1 aliphatic rings. The number of nitro benzene ring substituents is 1. The Labute approximate surface area is 141 Å². The van der Waals surface area contributed by atoms with Gasteiger partial charge in [-0.25, -0.2) is 0 Å². The zero-order chi connectivity index (χ0) is 17.1. The van der Waals surface area contributed by atoms with Crippen LogP contribution >= 0.6 is 0 Å². The summed E-state index contributed by atoms with van der Waals surface area (Å²) in [6, 6.07) is 7.16. The van der Waals surface area contributed by atoms with Gasteiger partial charge >= 0.3 is 0 Å². The number of benzene rings is 1. The Morgan fingerprint density at radius 1 is 1.38 bits per heavy atom. The van der Waals surface area contributed by atoms with Gasteiger partial charge in [0, 0.05) is 55.6 Å². The summed E-state index contributed by atoms with van der Waals surface area (Å²) in [4.78, 5) is 12.9. The lowest BCUT2D eigenvalue weighted by Crippen LogP contribution is -2.43. The van der Waals surface area contributed by atoms with Gasteiger partial charge in [0.05, 0.1) is 10.6 Å². The minimum absolute atomic E-state index is 0.101. The van der Waals surface area contributed by atoms with Gasteiger partial charge < -0.3 is 5.32 Å². The summed E-state index contributed by atoms with van der Waals surface area (Å²) in [5.74, 6) is 0. The third kappa shape index (κ3) is 3.63. The van der Waals surface area contributed by atoms with Crippen molar-refractivity contribution in [3.05, 3.63) is 46.1 Å². The molecule has 128 valence electrons. The van der Waals surface area contributed by atoms with Gasteiger partial charge in [0.25, 0.3) is 5.69 Å². The van der Waals surface area contributed by atoms with Crippen molar-refractivity contribution in [2.75, 3.05) is 20.1 Å². The van der Waals surface area contributed by atoms with Crippen LogP contribution in [0.5, 0.6) is 0 Å². The molecule has 0 amide bonds. The zero-order valence-electron chi connectivity index (χ0n) is 14.1. The second kappa shape index (κ2) is 7.11. The van der Waals surface area contributed by atoms with E-state index in [2.05, 4.69) is 15.3 Å². The van der Waals surface area contributed by atoms with E-state index in [0.29, 0.717) is 6.04 Å². The zero-order valence-corrected chi connectivity index (χ0v) is 14.1. The summed E-state index contributed by atoms with van der Waals surface area (Å²) in [5, 5.41) is 18.7. The number of non-ortho nitro benzene ring substituents is 1. The van der Waals surface area contributed by atoms with Crippen molar-refractivity contribution in [2.45, 2.75) is 25.4 Å². The Kier molecular flexibility index (Phi) is 4.92. The Bertz CT molecular complexity index is 710. The van der Waals surface area contributed by atoms with Crippen LogP contribution in [0.4, 0.5) is 5.69 Å². The second-order valence-electron chi connectivity index (χ2n) is 6.34. The van der Waals surface area contributed by atoms with Gasteiger partial charge in [0.2, 0.25) is 0 Å². The number of likely N-dealkylation sites (N-methyl/N-ethyl adjacent to an activating group) is 1. The summed E-state index contributed by atoms with van der Waals surface area (Å²) >= 11 is 0. The minimum atomic E-state index is -0.380. The Balaban J connectivity index is 1.81. The quantitative estimate of drug-likeness (QED) is 0.672. The number of rotatable bonds is 5. The van der Waals surface area contributed by atoms with Crippen molar-refractivity contribution in [1.82, 2.24) is 20.0 Å². The van der Waals surface area contributed by atoms with Gasteiger partial charge in [-0.3, -0.25) is 19.7 Å². The molecule has 0 aliphatic carbocycles. The average Bonchev–Trinajstić information content (AvgIpc) is 2.95. The van der Waals surface area contributed by atoms with Gasteiger partial charge in [-0.15, -0.1) is 0 Å². The third-order valence-electron chi connectivity index (χ3n) is 4.56. The molecular formula is C17H23N5O2. The molecule has 1 aromatic carbocycles. The monoisotopic (exact) mass is 329 g/mol. The van der Waals surface area contributed by atoms with E-state index in [-0.39, 0.29) is 10.6 Å². The van der Waals surface area contributed by atoms with Gasteiger partial charge in [0.15, 0.2) is 0 Å². The highest BCUT2D eigenvalue weighted by Crippen LogP contribution is 2.26. The van der Waals surface area contributed by atoms with E-state index in [1.807, 2.05) is 25.0 Å². The maximum atomic E-state index is 10.8. The molecule has 2 aromatic rings. The highest BCUT2D eigenvalue weighted by molar-refractivity contribution is 5.64. The second-order valence-corrected chi connectivity index (χ2v) is 6.34. The highest BCUT2D eigenvalue weighted by Gasteiger charge is 2.21. The van der Waals surface area contributed by atoms with Crippen molar-refractivity contribution < 1.29 is 4.92 Å². The van der Waals surface area contributed by atoms with Crippen LogP contribution in [0.1, 0.15) is 18.4 Å². The van der Waals surface area contributed by atoms with Crippen LogP contribution < -0.4 is 5.32 Å². The molecule has 1 N–H and O–H groups in total. The van der Waals surface area contributed by atoms with Crippen molar-refractivity contribution in [3.8, 4) is 11.3 Å². The lowest BCUT2D eigenvalue weighted by atomic mass is 10.0. The minimum Gasteiger partial charge on any atom is -0.316 e. The van der Waals surface area contributed by atoms with Crippen LogP contribution in [0.15, 0.2) is 30.5 Å². The first kappa shape index (κ1) is 16.6. The molecule has 3 rings (SSSR count). The first-order chi connectivity index (χ1) is 11.6. The van der Waals surface area contributed by atoms with E-state index in [9.17, 15) is 10.1 Å². The fourth-order valence-electron chi connectivity index (χ4n) is 3.31. The van der Waals surface area contributed by atoms with E-state index >= 15 is 0 Å². The van der Waals surface area contributed by atoms with Crippen molar-refractivity contribution in [3.63, 3.8) is 0 Å². The summed E-state index contributed by atoms with van der Waals surface area (Å²) < 4.78 is 1.81. The molecule has 1 aromatic heterocycles. The van der Waals surface area contributed by atoms with Gasteiger partial charge in [-0.05, 0) is 38.6 Å². The molecule has 24 heavy (non-hydrogen) atoms. The summed E-state index contributed by atoms with van der Waals surface area (Å²) in [6.45, 7) is 2.97. The van der Waals surface area contributed by atoms with E-state index in [4.69, 9.17) is 0 Å². The van der Waals surface area contributed by atoms with Crippen molar-refractivity contribution >= 4 is 5.69 Å². The summed E-state index contributed by atoms with van der Waals surface area (Å²) in [7, 11) is 3.92. The molecule has 1 aliphatic heterocycles. The molecule has 1 fully saturated rings. The Hall–Kier alpha value is -2.25. The number of nitro groups is 1. The number of piperidine rings is 1. The van der Waals surface area contributed by atoms with Crippen LogP contribution in [-0.2, 0) is 13.6 Å². The third-order valence-corrected chi connectivity index (χ3v) is 4.56. The van der Waals surface area contributed by atoms with E-state index < -0.39 is 0 Å². The van der Waals surface area contributed by atoms with Gasteiger partial charge in [-0.1, -0.05) is 0 Å². The molecule has 1 saturated heterocycles. The molecule has 0 radical (unpaired) electrons. The normalized spacial score (nSPS) is 18.7. The summed E-state index contributed by atoms with van der Waals surface area (Å²) in [5.41, 5.74) is 3.07. The predicted octanol–water partition coefficient (Wildman–Crippen LogP) is 2.18.